The van der Waals surface area contributed by atoms with Gasteiger partial charge in [-0.2, -0.15) is 0 Å². The van der Waals surface area contributed by atoms with Crippen molar-refractivity contribution in [3.8, 4) is 0 Å². The molecule has 0 fully saturated rings. The van der Waals surface area contributed by atoms with Crippen molar-refractivity contribution >= 4 is 5.82 Å². The topological polar surface area (TPSA) is 42.1 Å². The fourth-order valence-corrected chi connectivity index (χ4v) is 2.88. The molecule has 122 valence electrons. The van der Waals surface area contributed by atoms with Crippen molar-refractivity contribution < 1.29 is 0 Å². The molecule has 0 saturated heterocycles. The van der Waals surface area contributed by atoms with E-state index in [0.29, 0.717) is 6.54 Å². The van der Waals surface area contributed by atoms with Crippen molar-refractivity contribution in [3.05, 3.63) is 95.7 Å². The van der Waals surface area contributed by atoms with Gasteiger partial charge in [0.25, 0.3) is 0 Å². The summed E-state index contributed by atoms with van der Waals surface area (Å²) < 4.78 is 0. The van der Waals surface area contributed by atoms with Gasteiger partial charge in [0.1, 0.15) is 5.82 Å². The van der Waals surface area contributed by atoms with E-state index in [1.807, 2.05) is 24.4 Å². The van der Waals surface area contributed by atoms with Crippen molar-refractivity contribution in [2.45, 2.75) is 19.5 Å². The Morgan fingerprint density at radius 1 is 0.750 bits per heavy atom. The standard InChI is InChI=1S/C21H23N3/c22-14-13-20-12-7-15-23-21(20)24(16-18-8-3-1-4-9-18)17-19-10-5-2-6-11-19/h1-12,15H,13-14,16-17,22H2. The predicted molar refractivity (Wildman–Crippen MR) is 99.8 cm³/mol. The number of benzene rings is 2. The molecule has 0 atom stereocenters. The van der Waals surface area contributed by atoms with Crippen LogP contribution in [0.2, 0.25) is 0 Å². The average molecular weight is 317 g/mol. The van der Waals surface area contributed by atoms with Crippen LogP contribution < -0.4 is 10.6 Å². The summed E-state index contributed by atoms with van der Waals surface area (Å²) in [5.74, 6) is 1.02. The molecule has 0 amide bonds. The summed E-state index contributed by atoms with van der Waals surface area (Å²) in [5, 5.41) is 0. The zero-order chi connectivity index (χ0) is 16.6. The van der Waals surface area contributed by atoms with E-state index in [-0.39, 0.29) is 0 Å². The quantitative estimate of drug-likeness (QED) is 0.721. The molecule has 0 spiro atoms. The summed E-state index contributed by atoms with van der Waals surface area (Å²) in [6, 6.07) is 25.1. The Labute approximate surface area is 143 Å². The zero-order valence-electron chi connectivity index (χ0n) is 13.8. The van der Waals surface area contributed by atoms with Crippen LogP contribution in [0.1, 0.15) is 16.7 Å². The Hall–Kier alpha value is -2.65. The first kappa shape index (κ1) is 16.2. The van der Waals surface area contributed by atoms with Crippen LogP contribution in [-0.2, 0) is 19.5 Å². The Balaban J connectivity index is 1.92. The van der Waals surface area contributed by atoms with Crippen molar-refractivity contribution in [1.82, 2.24) is 4.98 Å². The third-order valence-electron chi connectivity index (χ3n) is 4.01. The average Bonchev–Trinajstić information content (AvgIpc) is 2.64. The minimum Gasteiger partial charge on any atom is -0.348 e. The molecule has 24 heavy (non-hydrogen) atoms. The molecule has 3 heteroatoms. The van der Waals surface area contributed by atoms with Gasteiger partial charge in [-0.1, -0.05) is 66.7 Å². The van der Waals surface area contributed by atoms with Gasteiger partial charge in [-0.05, 0) is 35.7 Å². The number of hydrogen-bond acceptors (Lipinski definition) is 3. The molecule has 3 aromatic rings. The number of anilines is 1. The molecule has 0 bridgehead atoms. The lowest BCUT2D eigenvalue weighted by Crippen LogP contribution is -2.25. The first-order valence-corrected chi connectivity index (χ1v) is 8.33. The van der Waals surface area contributed by atoms with E-state index in [4.69, 9.17) is 5.73 Å². The molecule has 2 N–H and O–H groups in total. The van der Waals surface area contributed by atoms with E-state index in [1.165, 1.54) is 16.7 Å². The van der Waals surface area contributed by atoms with Crippen LogP contribution in [0, 0.1) is 0 Å². The summed E-state index contributed by atoms with van der Waals surface area (Å²) in [4.78, 5) is 6.99. The number of hydrogen-bond donors (Lipinski definition) is 1. The SMILES string of the molecule is NCCc1cccnc1N(Cc1ccccc1)Cc1ccccc1. The minimum atomic E-state index is 0.628. The van der Waals surface area contributed by atoms with Gasteiger partial charge in [-0.3, -0.25) is 0 Å². The normalized spacial score (nSPS) is 10.5. The maximum atomic E-state index is 5.79. The predicted octanol–water partition coefficient (Wildman–Crippen LogP) is 3.79. The number of pyridine rings is 1. The summed E-state index contributed by atoms with van der Waals surface area (Å²) in [6.45, 7) is 2.28. The molecular formula is C21H23N3. The Morgan fingerprint density at radius 3 is 1.88 bits per heavy atom. The van der Waals surface area contributed by atoms with Crippen LogP contribution in [0.25, 0.3) is 0 Å². The van der Waals surface area contributed by atoms with Gasteiger partial charge in [0.2, 0.25) is 0 Å². The molecule has 1 aromatic heterocycles. The third kappa shape index (κ3) is 4.21. The first-order valence-electron chi connectivity index (χ1n) is 8.33. The highest BCUT2D eigenvalue weighted by molar-refractivity contribution is 5.48. The van der Waals surface area contributed by atoms with E-state index >= 15 is 0 Å². The highest BCUT2D eigenvalue weighted by atomic mass is 15.2. The van der Waals surface area contributed by atoms with E-state index in [2.05, 4.69) is 64.5 Å². The van der Waals surface area contributed by atoms with Gasteiger partial charge >= 0.3 is 0 Å². The van der Waals surface area contributed by atoms with Crippen molar-refractivity contribution in [2.75, 3.05) is 11.4 Å². The lowest BCUT2D eigenvalue weighted by atomic mass is 10.1. The van der Waals surface area contributed by atoms with E-state index < -0.39 is 0 Å². The summed E-state index contributed by atoms with van der Waals surface area (Å²) in [5.41, 5.74) is 9.54. The number of nitrogens with two attached hydrogens (primary N) is 1. The van der Waals surface area contributed by atoms with Gasteiger partial charge < -0.3 is 10.6 Å². The molecule has 0 aliphatic rings. The molecule has 0 saturated carbocycles. The molecular weight excluding hydrogens is 294 g/mol. The minimum absolute atomic E-state index is 0.628. The first-order chi connectivity index (χ1) is 11.9. The Bertz CT molecular complexity index is 700. The van der Waals surface area contributed by atoms with E-state index in [0.717, 1.165) is 25.3 Å². The van der Waals surface area contributed by atoms with Crippen LogP contribution in [0.5, 0.6) is 0 Å². The van der Waals surface area contributed by atoms with Crippen LogP contribution in [-0.4, -0.2) is 11.5 Å². The second-order valence-electron chi connectivity index (χ2n) is 5.85. The van der Waals surface area contributed by atoms with Crippen molar-refractivity contribution in [2.24, 2.45) is 5.73 Å². The maximum absolute atomic E-state index is 5.79. The van der Waals surface area contributed by atoms with Crippen LogP contribution in [0.4, 0.5) is 5.82 Å². The second-order valence-corrected chi connectivity index (χ2v) is 5.85. The highest BCUT2D eigenvalue weighted by Gasteiger charge is 2.13. The fourth-order valence-electron chi connectivity index (χ4n) is 2.88. The number of aromatic nitrogens is 1. The second kappa shape index (κ2) is 8.27. The summed E-state index contributed by atoms with van der Waals surface area (Å²) in [7, 11) is 0. The van der Waals surface area contributed by atoms with E-state index in [1.54, 1.807) is 0 Å². The van der Waals surface area contributed by atoms with Gasteiger partial charge in [0, 0.05) is 19.3 Å². The molecule has 0 radical (unpaired) electrons. The largest absolute Gasteiger partial charge is 0.348 e. The molecule has 3 nitrogen and oxygen atoms in total. The van der Waals surface area contributed by atoms with Crippen LogP contribution in [0.15, 0.2) is 79.0 Å². The molecule has 1 heterocycles. The highest BCUT2D eigenvalue weighted by Crippen LogP contribution is 2.22. The van der Waals surface area contributed by atoms with Gasteiger partial charge in [0.15, 0.2) is 0 Å². The van der Waals surface area contributed by atoms with Gasteiger partial charge in [0.05, 0.1) is 0 Å². The summed E-state index contributed by atoms with van der Waals surface area (Å²) >= 11 is 0. The third-order valence-corrected chi connectivity index (χ3v) is 4.01. The van der Waals surface area contributed by atoms with Crippen LogP contribution >= 0.6 is 0 Å². The van der Waals surface area contributed by atoms with Crippen LogP contribution in [0.3, 0.4) is 0 Å². The van der Waals surface area contributed by atoms with E-state index in [9.17, 15) is 0 Å². The molecule has 2 aromatic carbocycles. The monoisotopic (exact) mass is 317 g/mol. The number of nitrogens with zero attached hydrogens (tertiary/aromatic N) is 2. The van der Waals surface area contributed by atoms with Crippen molar-refractivity contribution in [1.29, 1.82) is 0 Å². The number of rotatable bonds is 7. The molecule has 0 unspecified atom stereocenters. The molecule has 0 aliphatic heterocycles. The maximum Gasteiger partial charge on any atom is 0.132 e. The Kier molecular flexibility index (Phi) is 5.59. The van der Waals surface area contributed by atoms with Gasteiger partial charge in [-0.25, -0.2) is 4.98 Å². The van der Waals surface area contributed by atoms with Crippen molar-refractivity contribution in [3.63, 3.8) is 0 Å². The fraction of sp³-hybridized carbons (Fsp3) is 0.190. The smallest absolute Gasteiger partial charge is 0.132 e. The molecule has 3 rings (SSSR count). The lowest BCUT2D eigenvalue weighted by Gasteiger charge is -2.26. The zero-order valence-corrected chi connectivity index (χ0v) is 13.8. The summed E-state index contributed by atoms with van der Waals surface area (Å²) in [6.07, 6.45) is 2.70. The molecule has 0 aliphatic carbocycles. The van der Waals surface area contributed by atoms with Gasteiger partial charge in [-0.15, -0.1) is 0 Å². The Morgan fingerprint density at radius 2 is 1.33 bits per heavy atom. The lowest BCUT2D eigenvalue weighted by molar-refractivity contribution is 0.771.